The molecule has 3 rings (SSSR count). The number of aromatic nitrogens is 2. The number of anilines is 1. The van der Waals surface area contributed by atoms with Gasteiger partial charge in [0.1, 0.15) is 0 Å². The summed E-state index contributed by atoms with van der Waals surface area (Å²) in [5.74, 6) is 1.44. The van der Waals surface area contributed by atoms with Gasteiger partial charge in [-0.2, -0.15) is 0 Å². The van der Waals surface area contributed by atoms with Gasteiger partial charge in [0, 0.05) is 18.4 Å². The Labute approximate surface area is 120 Å². The minimum absolute atomic E-state index is 0.0438. The van der Waals surface area contributed by atoms with Gasteiger partial charge < -0.3 is 9.88 Å². The molecule has 0 aromatic carbocycles. The highest BCUT2D eigenvalue weighted by Gasteiger charge is 2.27. The van der Waals surface area contributed by atoms with Gasteiger partial charge in [-0.25, -0.2) is 13.4 Å². The molecule has 0 radical (unpaired) electrons. The van der Waals surface area contributed by atoms with Crippen molar-refractivity contribution in [3.8, 4) is 0 Å². The molecule has 1 saturated heterocycles. The molecule has 1 saturated carbocycles. The summed E-state index contributed by atoms with van der Waals surface area (Å²) >= 11 is 0. The number of hydrogen-bond acceptors (Lipinski definition) is 4. The lowest BCUT2D eigenvalue weighted by Crippen LogP contribution is -2.30. The Morgan fingerprint density at radius 1 is 1.15 bits per heavy atom. The molecule has 0 spiro atoms. The second-order valence-corrected chi connectivity index (χ2v) is 8.28. The monoisotopic (exact) mass is 297 g/mol. The van der Waals surface area contributed by atoms with E-state index < -0.39 is 9.84 Å². The Bertz CT molecular complexity index is 547. The summed E-state index contributed by atoms with van der Waals surface area (Å²) in [5.41, 5.74) is 0. The van der Waals surface area contributed by atoms with Crippen LogP contribution in [0.15, 0.2) is 12.4 Å². The average Bonchev–Trinajstić information content (AvgIpc) is 2.87. The van der Waals surface area contributed by atoms with Gasteiger partial charge in [-0.05, 0) is 25.7 Å². The van der Waals surface area contributed by atoms with E-state index in [0.29, 0.717) is 11.8 Å². The van der Waals surface area contributed by atoms with Gasteiger partial charge in [-0.15, -0.1) is 0 Å². The van der Waals surface area contributed by atoms with Crippen LogP contribution in [0.3, 0.4) is 0 Å². The van der Waals surface area contributed by atoms with E-state index in [1.807, 2.05) is 10.8 Å². The fourth-order valence-corrected chi connectivity index (χ4v) is 5.05. The van der Waals surface area contributed by atoms with Gasteiger partial charge >= 0.3 is 0 Å². The van der Waals surface area contributed by atoms with Gasteiger partial charge in [-0.3, -0.25) is 0 Å². The minimum atomic E-state index is -2.88. The zero-order chi connectivity index (χ0) is 14.0. The predicted molar refractivity (Wildman–Crippen MR) is 79.6 cm³/mol. The first-order chi connectivity index (χ1) is 9.64. The normalized spacial score (nSPS) is 27.3. The Hall–Kier alpha value is -1.04. The van der Waals surface area contributed by atoms with Crippen LogP contribution < -0.4 is 5.32 Å². The first-order valence-electron chi connectivity index (χ1n) is 7.64. The second kappa shape index (κ2) is 5.76. The molecule has 1 N–H and O–H groups in total. The van der Waals surface area contributed by atoms with Crippen LogP contribution >= 0.6 is 0 Å². The number of sulfone groups is 1. The quantitative estimate of drug-likeness (QED) is 0.930. The van der Waals surface area contributed by atoms with Crippen LogP contribution in [0.1, 0.15) is 51.0 Å². The van der Waals surface area contributed by atoms with Crippen molar-refractivity contribution in [2.45, 2.75) is 57.0 Å². The molecule has 1 aliphatic heterocycles. The van der Waals surface area contributed by atoms with E-state index in [1.54, 1.807) is 6.20 Å². The van der Waals surface area contributed by atoms with Crippen molar-refractivity contribution >= 4 is 15.8 Å². The number of nitrogens with one attached hydrogen (secondary N) is 1. The lowest BCUT2D eigenvalue weighted by molar-refractivity contribution is 0.446. The third kappa shape index (κ3) is 3.16. The highest BCUT2D eigenvalue weighted by molar-refractivity contribution is 7.91. The summed E-state index contributed by atoms with van der Waals surface area (Å²) in [6.07, 6.45) is 11.6. The number of imidazole rings is 1. The van der Waals surface area contributed by atoms with Gasteiger partial charge in [0.05, 0.1) is 17.5 Å². The molecule has 2 aliphatic rings. The molecule has 0 bridgehead atoms. The SMILES string of the molecule is O=S1(=O)CCCC(n2ccnc2NC2CCCCC2)C1. The van der Waals surface area contributed by atoms with E-state index in [1.165, 1.54) is 32.1 Å². The van der Waals surface area contributed by atoms with Crippen LogP contribution in [-0.2, 0) is 9.84 Å². The Kier molecular flexibility index (Phi) is 4.01. The largest absolute Gasteiger partial charge is 0.353 e. The maximum atomic E-state index is 11.8. The van der Waals surface area contributed by atoms with Gasteiger partial charge in [0.15, 0.2) is 9.84 Å². The summed E-state index contributed by atoms with van der Waals surface area (Å²) in [6, 6.07) is 0.535. The molecule has 1 aliphatic carbocycles. The zero-order valence-electron chi connectivity index (χ0n) is 11.8. The van der Waals surface area contributed by atoms with Gasteiger partial charge in [-0.1, -0.05) is 19.3 Å². The minimum Gasteiger partial charge on any atom is -0.353 e. The van der Waals surface area contributed by atoms with Gasteiger partial charge in [0.2, 0.25) is 5.95 Å². The molecule has 1 aromatic heterocycles. The van der Waals surface area contributed by atoms with Crippen molar-refractivity contribution < 1.29 is 8.42 Å². The van der Waals surface area contributed by atoms with E-state index in [4.69, 9.17) is 0 Å². The van der Waals surface area contributed by atoms with Crippen LogP contribution in [0.4, 0.5) is 5.95 Å². The fraction of sp³-hybridized carbons (Fsp3) is 0.786. The Balaban J connectivity index is 1.72. The molecule has 6 heteroatoms. The molecule has 20 heavy (non-hydrogen) atoms. The van der Waals surface area contributed by atoms with Crippen LogP contribution in [0.2, 0.25) is 0 Å². The van der Waals surface area contributed by atoms with E-state index >= 15 is 0 Å². The van der Waals surface area contributed by atoms with Crippen molar-refractivity contribution in [1.82, 2.24) is 9.55 Å². The Morgan fingerprint density at radius 3 is 2.70 bits per heavy atom. The third-order valence-corrected chi connectivity index (χ3v) is 6.24. The summed E-state index contributed by atoms with van der Waals surface area (Å²) in [6.45, 7) is 0. The summed E-state index contributed by atoms with van der Waals surface area (Å²) in [4.78, 5) is 4.39. The summed E-state index contributed by atoms with van der Waals surface area (Å²) < 4.78 is 25.6. The molecule has 1 unspecified atom stereocenters. The molecular formula is C14H23N3O2S. The van der Waals surface area contributed by atoms with E-state index in [2.05, 4.69) is 10.3 Å². The second-order valence-electron chi connectivity index (χ2n) is 6.05. The Morgan fingerprint density at radius 2 is 1.95 bits per heavy atom. The standard InChI is InChI=1S/C14H23N3O2S/c18-20(19)10-4-7-13(11-20)17-9-8-15-14(17)16-12-5-2-1-3-6-12/h8-9,12-13H,1-7,10-11H2,(H,15,16). The van der Waals surface area contributed by atoms with E-state index in [0.717, 1.165) is 18.8 Å². The topological polar surface area (TPSA) is 64.0 Å². The van der Waals surface area contributed by atoms with E-state index in [-0.39, 0.29) is 11.8 Å². The van der Waals surface area contributed by atoms with Crippen molar-refractivity contribution in [3.05, 3.63) is 12.4 Å². The van der Waals surface area contributed by atoms with E-state index in [9.17, 15) is 8.42 Å². The molecule has 0 amide bonds. The predicted octanol–water partition coefficient (Wildman–Crippen LogP) is 2.38. The third-order valence-electron chi connectivity index (χ3n) is 4.44. The number of rotatable bonds is 3. The van der Waals surface area contributed by atoms with Crippen molar-refractivity contribution in [3.63, 3.8) is 0 Å². The summed E-state index contributed by atoms with van der Waals surface area (Å²) in [5, 5.41) is 3.51. The van der Waals surface area contributed by atoms with Crippen molar-refractivity contribution in [1.29, 1.82) is 0 Å². The van der Waals surface area contributed by atoms with Crippen LogP contribution in [0, 0.1) is 0 Å². The molecule has 2 fully saturated rings. The average molecular weight is 297 g/mol. The molecule has 5 nitrogen and oxygen atoms in total. The number of nitrogens with zero attached hydrogens (tertiary/aromatic N) is 2. The molecule has 112 valence electrons. The molecular weight excluding hydrogens is 274 g/mol. The lowest BCUT2D eigenvalue weighted by Gasteiger charge is -2.28. The molecule has 1 aromatic rings. The highest BCUT2D eigenvalue weighted by atomic mass is 32.2. The fourth-order valence-electron chi connectivity index (χ4n) is 3.37. The van der Waals surface area contributed by atoms with Crippen molar-refractivity contribution in [2.24, 2.45) is 0 Å². The first kappa shape index (κ1) is 13.9. The van der Waals surface area contributed by atoms with Crippen LogP contribution in [0.25, 0.3) is 0 Å². The summed E-state index contributed by atoms with van der Waals surface area (Å²) in [7, 11) is -2.88. The number of hydrogen-bond donors (Lipinski definition) is 1. The maximum absolute atomic E-state index is 11.8. The maximum Gasteiger partial charge on any atom is 0.203 e. The smallest absolute Gasteiger partial charge is 0.203 e. The van der Waals surface area contributed by atoms with Crippen molar-refractivity contribution in [2.75, 3.05) is 16.8 Å². The first-order valence-corrected chi connectivity index (χ1v) is 9.46. The van der Waals surface area contributed by atoms with Gasteiger partial charge in [0.25, 0.3) is 0 Å². The zero-order valence-corrected chi connectivity index (χ0v) is 12.6. The highest BCUT2D eigenvalue weighted by Crippen LogP contribution is 2.27. The lowest BCUT2D eigenvalue weighted by atomic mass is 9.96. The van der Waals surface area contributed by atoms with Crippen LogP contribution in [0.5, 0.6) is 0 Å². The molecule has 1 atom stereocenters. The van der Waals surface area contributed by atoms with Crippen LogP contribution in [-0.4, -0.2) is 35.5 Å². The molecule has 2 heterocycles.